The van der Waals surface area contributed by atoms with Crippen LogP contribution in [0.1, 0.15) is 31.2 Å². The van der Waals surface area contributed by atoms with Crippen LogP contribution in [0.3, 0.4) is 0 Å². The van der Waals surface area contributed by atoms with Crippen LogP contribution in [0.2, 0.25) is 0 Å². The van der Waals surface area contributed by atoms with E-state index in [0.29, 0.717) is 6.04 Å². The third-order valence-electron chi connectivity index (χ3n) is 4.38. The fourth-order valence-corrected chi connectivity index (χ4v) is 3.36. The number of nitrogens with zero attached hydrogens (tertiary/aromatic N) is 3. The lowest BCUT2D eigenvalue weighted by Crippen LogP contribution is -2.54. The van der Waals surface area contributed by atoms with Gasteiger partial charge in [0, 0.05) is 37.4 Å². The Bertz CT molecular complexity index is 418. The molecule has 0 aliphatic carbocycles. The summed E-state index contributed by atoms with van der Waals surface area (Å²) in [5.41, 5.74) is 2.34. The van der Waals surface area contributed by atoms with Crippen LogP contribution in [0.4, 0.5) is 0 Å². The monoisotopic (exact) mass is 245 g/mol. The molecule has 0 bridgehead atoms. The summed E-state index contributed by atoms with van der Waals surface area (Å²) >= 11 is 0. The highest BCUT2D eigenvalue weighted by Gasteiger charge is 2.34. The molecule has 2 aliphatic heterocycles. The Labute approximate surface area is 110 Å². The lowest BCUT2D eigenvalue weighted by atomic mass is 10.1. The van der Waals surface area contributed by atoms with E-state index in [1.54, 1.807) is 0 Å². The van der Waals surface area contributed by atoms with Gasteiger partial charge in [-0.1, -0.05) is 6.07 Å². The van der Waals surface area contributed by atoms with Crippen molar-refractivity contribution in [3.8, 4) is 0 Å². The second-order valence-electron chi connectivity index (χ2n) is 5.84. The summed E-state index contributed by atoms with van der Waals surface area (Å²) < 4.78 is 0. The van der Waals surface area contributed by atoms with Crippen LogP contribution in [0, 0.1) is 6.92 Å². The highest BCUT2D eigenvalue weighted by atomic mass is 15.3. The SMILES string of the molecule is Cc1cccc(CN2CC3CCCN3CC2C)n1. The van der Waals surface area contributed by atoms with Crippen LogP contribution in [0.25, 0.3) is 0 Å². The lowest BCUT2D eigenvalue weighted by Gasteiger charge is -2.42. The molecule has 0 amide bonds. The van der Waals surface area contributed by atoms with Crippen molar-refractivity contribution in [3.63, 3.8) is 0 Å². The average Bonchev–Trinajstić information content (AvgIpc) is 2.76. The van der Waals surface area contributed by atoms with Gasteiger partial charge in [0.25, 0.3) is 0 Å². The van der Waals surface area contributed by atoms with Crippen molar-refractivity contribution in [1.82, 2.24) is 14.8 Å². The summed E-state index contributed by atoms with van der Waals surface area (Å²) in [5.74, 6) is 0. The van der Waals surface area contributed by atoms with Gasteiger partial charge in [0.2, 0.25) is 0 Å². The van der Waals surface area contributed by atoms with E-state index in [4.69, 9.17) is 0 Å². The van der Waals surface area contributed by atoms with Gasteiger partial charge in [0.1, 0.15) is 0 Å². The molecule has 3 heteroatoms. The number of aryl methyl sites for hydroxylation is 1. The molecule has 2 aliphatic rings. The first-order chi connectivity index (χ1) is 8.72. The largest absolute Gasteiger partial charge is 0.298 e. The molecule has 2 saturated heterocycles. The molecule has 0 N–H and O–H groups in total. The molecule has 3 rings (SSSR count). The molecular formula is C15H23N3. The Kier molecular flexibility index (Phi) is 3.35. The first-order valence-corrected chi connectivity index (χ1v) is 7.13. The molecule has 1 aromatic heterocycles. The maximum absolute atomic E-state index is 4.63. The van der Waals surface area contributed by atoms with Crippen LogP contribution in [-0.4, -0.2) is 46.5 Å². The Morgan fingerprint density at radius 2 is 2.22 bits per heavy atom. The summed E-state index contributed by atoms with van der Waals surface area (Å²) in [6.07, 6.45) is 2.76. The van der Waals surface area contributed by atoms with Crippen LogP contribution in [-0.2, 0) is 6.54 Å². The van der Waals surface area contributed by atoms with Crippen LogP contribution < -0.4 is 0 Å². The van der Waals surface area contributed by atoms with E-state index >= 15 is 0 Å². The molecular weight excluding hydrogens is 222 g/mol. The topological polar surface area (TPSA) is 19.4 Å². The van der Waals surface area contributed by atoms with Crippen molar-refractivity contribution < 1.29 is 0 Å². The number of aromatic nitrogens is 1. The van der Waals surface area contributed by atoms with Crippen LogP contribution in [0.5, 0.6) is 0 Å². The first kappa shape index (κ1) is 12.1. The summed E-state index contributed by atoms with van der Waals surface area (Å²) in [6.45, 7) is 9.19. The van der Waals surface area contributed by atoms with Crippen LogP contribution in [0.15, 0.2) is 18.2 Å². The maximum atomic E-state index is 4.63. The van der Waals surface area contributed by atoms with E-state index in [2.05, 4.69) is 46.8 Å². The Morgan fingerprint density at radius 3 is 3.06 bits per heavy atom. The van der Waals surface area contributed by atoms with E-state index in [9.17, 15) is 0 Å². The second kappa shape index (κ2) is 4.98. The minimum Gasteiger partial charge on any atom is -0.298 e. The maximum Gasteiger partial charge on any atom is 0.0547 e. The predicted molar refractivity (Wildman–Crippen MR) is 73.4 cm³/mol. The van der Waals surface area contributed by atoms with Crippen molar-refractivity contribution in [3.05, 3.63) is 29.6 Å². The summed E-state index contributed by atoms with van der Waals surface area (Å²) in [6, 6.07) is 7.80. The van der Waals surface area contributed by atoms with Gasteiger partial charge in [-0.25, -0.2) is 0 Å². The third-order valence-corrected chi connectivity index (χ3v) is 4.38. The number of rotatable bonds is 2. The van der Waals surface area contributed by atoms with E-state index in [1.165, 1.54) is 38.2 Å². The second-order valence-corrected chi connectivity index (χ2v) is 5.84. The standard InChI is InChI=1S/C15H23N3/c1-12-5-3-6-14(16-12)10-18-11-15-7-4-8-17(15)9-13(18)2/h3,5-6,13,15H,4,7-11H2,1-2H3. The van der Waals surface area contributed by atoms with Crippen molar-refractivity contribution in [2.24, 2.45) is 0 Å². The quantitative estimate of drug-likeness (QED) is 0.795. The fraction of sp³-hybridized carbons (Fsp3) is 0.667. The molecule has 0 spiro atoms. The number of piperazine rings is 1. The van der Waals surface area contributed by atoms with Gasteiger partial charge in [-0.3, -0.25) is 14.8 Å². The highest BCUT2D eigenvalue weighted by Crippen LogP contribution is 2.25. The number of pyridine rings is 1. The van der Waals surface area contributed by atoms with Gasteiger partial charge in [-0.15, -0.1) is 0 Å². The molecule has 98 valence electrons. The average molecular weight is 245 g/mol. The number of hydrogen-bond donors (Lipinski definition) is 0. The molecule has 2 fully saturated rings. The van der Waals surface area contributed by atoms with Gasteiger partial charge in [-0.2, -0.15) is 0 Å². The zero-order valence-corrected chi connectivity index (χ0v) is 11.5. The van der Waals surface area contributed by atoms with Gasteiger partial charge in [0.15, 0.2) is 0 Å². The van der Waals surface area contributed by atoms with Crippen molar-refractivity contribution >= 4 is 0 Å². The van der Waals surface area contributed by atoms with E-state index < -0.39 is 0 Å². The molecule has 0 aromatic carbocycles. The van der Waals surface area contributed by atoms with E-state index in [-0.39, 0.29) is 0 Å². The molecule has 18 heavy (non-hydrogen) atoms. The molecule has 2 unspecified atom stereocenters. The Hall–Kier alpha value is -0.930. The van der Waals surface area contributed by atoms with Gasteiger partial charge >= 0.3 is 0 Å². The number of hydrogen-bond acceptors (Lipinski definition) is 3. The number of fused-ring (bicyclic) bond motifs is 1. The molecule has 3 nitrogen and oxygen atoms in total. The third kappa shape index (κ3) is 2.43. The zero-order valence-electron chi connectivity index (χ0n) is 11.5. The van der Waals surface area contributed by atoms with Gasteiger partial charge in [0.05, 0.1) is 5.69 Å². The highest BCUT2D eigenvalue weighted by molar-refractivity contribution is 5.10. The molecule has 2 atom stereocenters. The first-order valence-electron chi connectivity index (χ1n) is 7.13. The zero-order chi connectivity index (χ0) is 12.5. The Balaban J connectivity index is 1.68. The van der Waals surface area contributed by atoms with Crippen molar-refractivity contribution in [1.29, 1.82) is 0 Å². The van der Waals surface area contributed by atoms with Gasteiger partial charge < -0.3 is 0 Å². The lowest BCUT2D eigenvalue weighted by molar-refractivity contribution is 0.0531. The predicted octanol–water partition coefficient (Wildman–Crippen LogP) is 2.06. The molecule has 3 heterocycles. The minimum absolute atomic E-state index is 0.654. The Morgan fingerprint density at radius 1 is 1.33 bits per heavy atom. The van der Waals surface area contributed by atoms with Gasteiger partial charge in [-0.05, 0) is 45.4 Å². The summed E-state index contributed by atoms with van der Waals surface area (Å²) in [5, 5.41) is 0. The fourth-order valence-electron chi connectivity index (χ4n) is 3.36. The van der Waals surface area contributed by atoms with Crippen molar-refractivity contribution in [2.75, 3.05) is 19.6 Å². The van der Waals surface area contributed by atoms with E-state index in [1.807, 2.05) is 0 Å². The minimum atomic E-state index is 0.654. The molecule has 0 saturated carbocycles. The molecule has 1 aromatic rings. The normalized spacial score (nSPS) is 29.4. The summed E-state index contributed by atoms with van der Waals surface area (Å²) in [7, 11) is 0. The summed E-state index contributed by atoms with van der Waals surface area (Å²) in [4.78, 5) is 9.91. The van der Waals surface area contributed by atoms with E-state index in [0.717, 1.165) is 18.3 Å². The smallest absolute Gasteiger partial charge is 0.0547 e. The van der Waals surface area contributed by atoms with Crippen molar-refractivity contribution in [2.45, 2.75) is 45.3 Å². The van der Waals surface area contributed by atoms with Crippen LogP contribution >= 0.6 is 0 Å². The molecule has 0 radical (unpaired) electrons.